The number of benzene rings is 1. The Bertz CT molecular complexity index is 1370. The average Bonchev–Trinajstić information content (AvgIpc) is 3.41. The van der Waals surface area contributed by atoms with Crippen molar-refractivity contribution in [3.63, 3.8) is 0 Å². The first-order valence-corrected chi connectivity index (χ1v) is 14.2. The molecule has 218 valence electrons. The molecule has 3 aromatic rings. The number of aromatic nitrogens is 2. The molecule has 0 radical (unpaired) electrons. The number of thiazole rings is 1. The zero-order valence-electron chi connectivity index (χ0n) is 24.2. The third-order valence-corrected chi connectivity index (χ3v) is 6.67. The lowest BCUT2D eigenvalue weighted by atomic mass is 10.1. The SMILES string of the molecule is CC(C)(C)OC(=O)NN(C(=O)c1nc(N2CCN(C(=O)OC(C)(C)C)CC2)cs1)c1cccc(-c2ccncc2)c1. The normalized spacial score (nSPS) is 13.9. The van der Waals surface area contributed by atoms with E-state index in [0.717, 1.165) is 16.1 Å². The molecule has 41 heavy (non-hydrogen) atoms. The molecule has 1 fully saturated rings. The molecule has 1 N–H and O–H groups in total. The number of pyridine rings is 1. The Kier molecular flexibility index (Phi) is 8.81. The number of carbonyl (C=O) groups is 3. The van der Waals surface area contributed by atoms with E-state index in [4.69, 9.17) is 9.47 Å². The van der Waals surface area contributed by atoms with Crippen LogP contribution in [0.1, 0.15) is 51.3 Å². The van der Waals surface area contributed by atoms with Crippen LogP contribution >= 0.6 is 11.3 Å². The smallest absolute Gasteiger partial charge is 0.427 e. The zero-order chi connectivity index (χ0) is 29.8. The fourth-order valence-corrected chi connectivity index (χ4v) is 4.80. The summed E-state index contributed by atoms with van der Waals surface area (Å²) in [7, 11) is 0. The topological polar surface area (TPSA) is 117 Å². The lowest BCUT2D eigenvalue weighted by Gasteiger charge is -2.35. The van der Waals surface area contributed by atoms with E-state index in [0.29, 0.717) is 37.7 Å². The summed E-state index contributed by atoms with van der Waals surface area (Å²) in [6, 6.07) is 11.0. The quantitative estimate of drug-likeness (QED) is 0.411. The fraction of sp³-hybridized carbons (Fsp3) is 0.414. The van der Waals surface area contributed by atoms with Crippen molar-refractivity contribution >= 4 is 40.9 Å². The molecule has 0 saturated carbocycles. The van der Waals surface area contributed by atoms with Crippen molar-refractivity contribution < 1.29 is 23.9 Å². The molecule has 2 aromatic heterocycles. The van der Waals surface area contributed by atoms with E-state index in [1.54, 1.807) is 61.6 Å². The number of rotatable bonds is 4. The molecule has 1 aliphatic rings. The molecule has 0 aliphatic carbocycles. The zero-order valence-corrected chi connectivity index (χ0v) is 25.0. The van der Waals surface area contributed by atoms with Crippen LogP contribution in [-0.4, -0.2) is 70.3 Å². The summed E-state index contributed by atoms with van der Waals surface area (Å²) in [5.41, 5.74) is 3.48. The highest BCUT2D eigenvalue weighted by atomic mass is 32.1. The number of piperazine rings is 1. The third kappa shape index (κ3) is 8.16. The van der Waals surface area contributed by atoms with Gasteiger partial charge in [0.15, 0.2) is 5.01 Å². The number of anilines is 2. The second-order valence-electron chi connectivity index (χ2n) is 11.5. The molecule has 0 spiro atoms. The van der Waals surface area contributed by atoms with E-state index in [-0.39, 0.29) is 11.1 Å². The molecule has 12 heteroatoms. The molecule has 3 heterocycles. The average molecular weight is 581 g/mol. The van der Waals surface area contributed by atoms with Gasteiger partial charge in [0.25, 0.3) is 0 Å². The standard InChI is InChI=1S/C29H36N6O5S/c1-28(2,3)39-26(37)32-35(22-9-7-8-21(18-22)20-10-12-30-13-11-20)25(36)24-31-23(19-41-24)33-14-16-34(17-15-33)27(38)40-29(4,5)6/h7-13,18-19H,14-17H2,1-6H3,(H,32,37). The lowest BCUT2D eigenvalue weighted by molar-refractivity contribution is 0.0240. The van der Waals surface area contributed by atoms with E-state index >= 15 is 0 Å². The Morgan fingerprint density at radius 2 is 1.56 bits per heavy atom. The van der Waals surface area contributed by atoms with Gasteiger partial charge in [0.2, 0.25) is 0 Å². The molecule has 0 atom stereocenters. The first-order chi connectivity index (χ1) is 19.3. The highest BCUT2D eigenvalue weighted by Gasteiger charge is 2.29. The Balaban J connectivity index is 1.53. The monoisotopic (exact) mass is 580 g/mol. The highest BCUT2D eigenvalue weighted by Crippen LogP contribution is 2.27. The Morgan fingerprint density at radius 3 is 2.20 bits per heavy atom. The number of nitrogens with one attached hydrogen (secondary N) is 1. The van der Waals surface area contributed by atoms with E-state index in [1.807, 2.05) is 43.9 Å². The Labute approximate surface area is 244 Å². The van der Waals surface area contributed by atoms with Gasteiger partial charge in [-0.3, -0.25) is 9.78 Å². The van der Waals surface area contributed by atoms with Crippen LogP contribution in [0.2, 0.25) is 0 Å². The summed E-state index contributed by atoms with van der Waals surface area (Å²) >= 11 is 1.18. The van der Waals surface area contributed by atoms with Crippen molar-refractivity contribution in [1.29, 1.82) is 0 Å². The minimum absolute atomic E-state index is 0.194. The van der Waals surface area contributed by atoms with Crippen molar-refractivity contribution in [1.82, 2.24) is 20.3 Å². The maximum absolute atomic E-state index is 13.8. The summed E-state index contributed by atoms with van der Waals surface area (Å²) in [5, 5.41) is 3.15. The second-order valence-corrected chi connectivity index (χ2v) is 12.4. The first kappa shape index (κ1) is 29.8. The van der Waals surface area contributed by atoms with Crippen LogP contribution in [0, 0.1) is 0 Å². The van der Waals surface area contributed by atoms with Crippen LogP contribution in [0.5, 0.6) is 0 Å². The minimum atomic E-state index is -0.768. The summed E-state index contributed by atoms with van der Waals surface area (Å²) in [4.78, 5) is 51.3. The van der Waals surface area contributed by atoms with Gasteiger partial charge < -0.3 is 19.3 Å². The summed E-state index contributed by atoms with van der Waals surface area (Å²) < 4.78 is 10.9. The van der Waals surface area contributed by atoms with Crippen LogP contribution in [-0.2, 0) is 9.47 Å². The number of hydrogen-bond donors (Lipinski definition) is 1. The highest BCUT2D eigenvalue weighted by molar-refractivity contribution is 7.12. The molecule has 0 unspecified atom stereocenters. The van der Waals surface area contributed by atoms with Crippen LogP contribution < -0.4 is 15.3 Å². The number of carbonyl (C=O) groups excluding carboxylic acids is 3. The van der Waals surface area contributed by atoms with Crippen molar-refractivity contribution in [2.24, 2.45) is 0 Å². The fourth-order valence-electron chi connectivity index (χ4n) is 4.04. The van der Waals surface area contributed by atoms with E-state index in [1.165, 1.54) is 11.3 Å². The van der Waals surface area contributed by atoms with Gasteiger partial charge in [-0.1, -0.05) is 12.1 Å². The molecule has 0 bridgehead atoms. The van der Waals surface area contributed by atoms with Crippen LogP contribution in [0.25, 0.3) is 11.1 Å². The van der Waals surface area contributed by atoms with Crippen molar-refractivity contribution in [2.45, 2.75) is 52.7 Å². The number of hydrogen-bond acceptors (Lipinski definition) is 9. The van der Waals surface area contributed by atoms with Gasteiger partial charge in [-0.05, 0) is 76.9 Å². The number of amides is 3. The van der Waals surface area contributed by atoms with Gasteiger partial charge in [0.05, 0.1) is 5.69 Å². The molecular formula is C29H36N6O5S. The maximum atomic E-state index is 13.8. The maximum Gasteiger partial charge on any atom is 0.427 e. The van der Waals surface area contributed by atoms with Crippen molar-refractivity contribution in [3.8, 4) is 11.1 Å². The van der Waals surface area contributed by atoms with Gasteiger partial charge in [-0.2, -0.15) is 0 Å². The van der Waals surface area contributed by atoms with Crippen LogP contribution in [0.4, 0.5) is 21.1 Å². The Morgan fingerprint density at radius 1 is 0.902 bits per heavy atom. The van der Waals surface area contributed by atoms with Gasteiger partial charge in [-0.15, -0.1) is 11.3 Å². The van der Waals surface area contributed by atoms with Gasteiger partial charge in [-0.25, -0.2) is 25.0 Å². The predicted molar refractivity (Wildman–Crippen MR) is 158 cm³/mol. The van der Waals surface area contributed by atoms with E-state index in [9.17, 15) is 14.4 Å². The number of nitrogens with zero attached hydrogens (tertiary/aromatic N) is 5. The predicted octanol–water partition coefficient (Wildman–Crippen LogP) is 5.35. The van der Waals surface area contributed by atoms with Gasteiger partial charge >= 0.3 is 18.1 Å². The molecular weight excluding hydrogens is 544 g/mol. The Hall–Kier alpha value is -4.19. The lowest BCUT2D eigenvalue weighted by Crippen LogP contribution is -2.50. The molecule has 1 aliphatic heterocycles. The molecule has 1 aromatic carbocycles. The van der Waals surface area contributed by atoms with Crippen LogP contribution in [0.15, 0.2) is 54.2 Å². The van der Waals surface area contributed by atoms with E-state index in [2.05, 4.69) is 15.4 Å². The molecule has 11 nitrogen and oxygen atoms in total. The molecule has 4 rings (SSSR count). The van der Waals surface area contributed by atoms with Gasteiger partial charge in [0, 0.05) is 44.0 Å². The second kappa shape index (κ2) is 12.1. The molecule has 3 amide bonds. The third-order valence-electron chi connectivity index (χ3n) is 5.85. The van der Waals surface area contributed by atoms with Gasteiger partial charge in [0.1, 0.15) is 17.0 Å². The number of ether oxygens (including phenoxy) is 2. The summed E-state index contributed by atoms with van der Waals surface area (Å²) in [5.74, 6) is 0.122. The van der Waals surface area contributed by atoms with Crippen molar-refractivity contribution in [3.05, 3.63) is 59.2 Å². The minimum Gasteiger partial charge on any atom is -0.444 e. The largest absolute Gasteiger partial charge is 0.444 e. The molecule has 1 saturated heterocycles. The summed E-state index contributed by atoms with van der Waals surface area (Å²) in [6.07, 6.45) is 2.27. The van der Waals surface area contributed by atoms with Crippen LogP contribution in [0.3, 0.4) is 0 Å². The first-order valence-electron chi connectivity index (χ1n) is 13.3. The summed E-state index contributed by atoms with van der Waals surface area (Å²) in [6.45, 7) is 12.8. The van der Waals surface area contributed by atoms with Crippen molar-refractivity contribution in [2.75, 3.05) is 36.1 Å². The number of hydrazine groups is 1. The van der Waals surface area contributed by atoms with E-state index < -0.39 is 23.2 Å².